The van der Waals surface area contributed by atoms with Crippen molar-refractivity contribution in [2.45, 2.75) is 45.6 Å². The summed E-state index contributed by atoms with van der Waals surface area (Å²) < 4.78 is 0. The van der Waals surface area contributed by atoms with E-state index in [2.05, 4.69) is 50.4 Å². The number of hydrogen-bond acceptors (Lipinski definition) is 3. The van der Waals surface area contributed by atoms with Gasteiger partial charge in [-0.15, -0.1) is 0 Å². The third kappa shape index (κ3) is 13.3. The topological polar surface area (TPSA) is 44.4 Å². The molecule has 0 aliphatic carbocycles. The van der Waals surface area contributed by atoms with Gasteiger partial charge in [0.25, 0.3) is 0 Å². The van der Waals surface area contributed by atoms with Crippen molar-refractivity contribution in [3.8, 4) is 0 Å². The van der Waals surface area contributed by atoms with E-state index >= 15 is 0 Å². The number of hydrogen-bond donors (Lipinski definition) is 2. The van der Waals surface area contributed by atoms with Crippen LogP contribution in [0, 0.1) is 0 Å². The van der Waals surface area contributed by atoms with Gasteiger partial charge in [0.15, 0.2) is 0 Å². The highest BCUT2D eigenvalue weighted by Gasteiger charge is 2.09. The van der Waals surface area contributed by atoms with Crippen LogP contribution in [-0.4, -0.2) is 50.1 Å². The lowest BCUT2D eigenvalue weighted by Gasteiger charge is -2.20. The summed E-state index contributed by atoms with van der Waals surface area (Å²) in [5, 5.41) is 6.25. The standard InChI is InChI=1S/C13H29N3O/c1-13(2,3)15-10-8-12(17)14-9-6-7-11-16(4)5/h15H,6-11H2,1-5H3,(H,14,17). The number of amides is 1. The molecule has 0 radical (unpaired) electrons. The van der Waals surface area contributed by atoms with Crippen LogP contribution in [0.1, 0.15) is 40.0 Å². The van der Waals surface area contributed by atoms with Crippen LogP contribution in [0.2, 0.25) is 0 Å². The van der Waals surface area contributed by atoms with Crippen LogP contribution in [0.25, 0.3) is 0 Å². The predicted octanol–water partition coefficient (Wildman–Crippen LogP) is 1.22. The molecule has 0 aromatic heterocycles. The van der Waals surface area contributed by atoms with Gasteiger partial charge in [0.1, 0.15) is 0 Å². The van der Waals surface area contributed by atoms with Crippen LogP contribution in [0.15, 0.2) is 0 Å². The second-order valence-electron chi connectivity index (χ2n) is 5.79. The van der Waals surface area contributed by atoms with E-state index in [1.165, 1.54) is 0 Å². The summed E-state index contributed by atoms with van der Waals surface area (Å²) in [6, 6.07) is 0. The minimum Gasteiger partial charge on any atom is -0.356 e. The lowest BCUT2D eigenvalue weighted by molar-refractivity contribution is -0.121. The van der Waals surface area contributed by atoms with Crippen LogP contribution < -0.4 is 10.6 Å². The minimum atomic E-state index is 0.0893. The molecule has 0 rings (SSSR count). The largest absolute Gasteiger partial charge is 0.356 e. The van der Waals surface area contributed by atoms with Crippen molar-refractivity contribution >= 4 is 5.91 Å². The normalized spacial score (nSPS) is 11.9. The van der Waals surface area contributed by atoms with Crippen molar-refractivity contribution in [2.75, 3.05) is 33.7 Å². The number of nitrogens with one attached hydrogen (secondary N) is 2. The molecule has 0 aliphatic rings. The van der Waals surface area contributed by atoms with Gasteiger partial charge in [-0.25, -0.2) is 0 Å². The first kappa shape index (κ1) is 16.4. The van der Waals surface area contributed by atoms with E-state index < -0.39 is 0 Å². The van der Waals surface area contributed by atoms with Crippen LogP contribution in [0.4, 0.5) is 0 Å². The minimum absolute atomic E-state index is 0.0893. The van der Waals surface area contributed by atoms with Crippen molar-refractivity contribution < 1.29 is 4.79 Å². The van der Waals surface area contributed by atoms with E-state index in [9.17, 15) is 4.79 Å². The summed E-state index contributed by atoms with van der Waals surface area (Å²) >= 11 is 0. The molecule has 0 fully saturated rings. The molecule has 0 aromatic carbocycles. The van der Waals surface area contributed by atoms with Gasteiger partial charge in [-0.2, -0.15) is 0 Å². The highest BCUT2D eigenvalue weighted by atomic mass is 16.1. The summed E-state index contributed by atoms with van der Waals surface area (Å²) in [5.41, 5.74) is 0.0893. The second kappa shape index (κ2) is 8.48. The number of carbonyl (C=O) groups is 1. The molecule has 4 nitrogen and oxygen atoms in total. The van der Waals surface area contributed by atoms with E-state index in [1.807, 2.05) is 0 Å². The van der Waals surface area contributed by atoms with Crippen molar-refractivity contribution in [2.24, 2.45) is 0 Å². The monoisotopic (exact) mass is 243 g/mol. The van der Waals surface area contributed by atoms with Crippen molar-refractivity contribution in [1.82, 2.24) is 15.5 Å². The molecule has 0 aliphatic heterocycles. The molecule has 0 atom stereocenters. The van der Waals surface area contributed by atoms with Crippen molar-refractivity contribution in [3.05, 3.63) is 0 Å². The van der Waals surface area contributed by atoms with Gasteiger partial charge in [0.05, 0.1) is 0 Å². The molecule has 17 heavy (non-hydrogen) atoms. The van der Waals surface area contributed by atoms with Gasteiger partial charge in [-0.3, -0.25) is 4.79 Å². The van der Waals surface area contributed by atoms with Crippen LogP contribution in [0.5, 0.6) is 0 Å². The molecular formula is C13H29N3O. The van der Waals surface area contributed by atoms with E-state index in [4.69, 9.17) is 0 Å². The van der Waals surface area contributed by atoms with Crippen LogP contribution in [0.3, 0.4) is 0 Å². The Morgan fingerprint density at radius 2 is 1.76 bits per heavy atom. The third-order valence-electron chi connectivity index (χ3n) is 2.36. The molecule has 0 bridgehead atoms. The van der Waals surface area contributed by atoms with Gasteiger partial charge in [-0.05, 0) is 54.3 Å². The Labute approximate surface area is 106 Å². The predicted molar refractivity (Wildman–Crippen MR) is 73.2 cm³/mol. The average molecular weight is 243 g/mol. The summed E-state index contributed by atoms with van der Waals surface area (Å²) in [6.45, 7) is 8.93. The lowest BCUT2D eigenvalue weighted by Crippen LogP contribution is -2.38. The average Bonchev–Trinajstić information content (AvgIpc) is 2.14. The molecule has 4 heteroatoms. The van der Waals surface area contributed by atoms with Crippen LogP contribution in [-0.2, 0) is 4.79 Å². The van der Waals surface area contributed by atoms with E-state index in [1.54, 1.807) is 0 Å². The summed E-state index contributed by atoms with van der Waals surface area (Å²) in [7, 11) is 4.13. The Kier molecular flexibility index (Phi) is 8.17. The molecule has 0 aromatic rings. The van der Waals surface area contributed by atoms with E-state index in [-0.39, 0.29) is 11.4 Å². The SMILES string of the molecule is CN(C)CCCCNC(=O)CCNC(C)(C)C. The molecule has 0 saturated carbocycles. The van der Waals surface area contributed by atoms with Crippen molar-refractivity contribution in [1.29, 1.82) is 0 Å². The van der Waals surface area contributed by atoms with Crippen LogP contribution >= 0.6 is 0 Å². The zero-order valence-corrected chi connectivity index (χ0v) is 12.1. The number of carbonyl (C=O) groups excluding carboxylic acids is 1. The van der Waals surface area contributed by atoms with Gasteiger partial charge < -0.3 is 15.5 Å². The Morgan fingerprint density at radius 3 is 2.29 bits per heavy atom. The zero-order valence-electron chi connectivity index (χ0n) is 12.1. The van der Waals surface area contributed by atoms with Gasteiger partial charge in [0, 0.05) is 25.0 Å². The number of nitrogens with zero attached hydrogens (tertiary/aromatic N) is 1. The molecule has 0 spiro atoms. The Balaban J connectivity index is 3.35. The Hall–Kier alpha value is -0.610. The Bertz CT molecular complexity index is 209. The molecule has 1 amide bonds. The maximum atomic E-state index is 11.5. The maximum Gasteiger partial charge on any atom is 0.221 e. The van der Waals surface area contributed by atoms with Crippen molar-refractivity contribution in [3.63, 3.8) is 0 Å². The highest BCUT2D eigenvalue weighted by Crippen LogP contribution is 1.97. The molecular weight excluding hydrogens is 214 g/mol. The lowest BCUT2D eigenvalue weighted by atomic mass is 10.1. The smallest absolute Gasteiger partial charge is 0.221 e. The maximum absolute atomic E-state index is 11.5. The molecule has 0 saturated heterocycles. The fourth-order valence-electron chi connectivity index (χ4n) is 1.42. The first-order valence-electron chi connectivity index (χ1n) is 6.48. The third-order valence-corrected chi connectivity index (χ3v) is 2.36. The van der Waals surface area contributed by atoms with Gasteiger partial charge >= 0.3 is 0 Å². The van der Waals surface area contributed by atoms with Gasteiger partial charge in [-0.1, -0.05) is 0 Å². The molecule has 0 unspecified atom stereocenters. The molecule has 0 heterocycles. The highest BCUT2D eigenvalue weighted by molar-refractivity contribution is 5.75. The zero-order chi connectivity index (χ0) is 13.3. The number of rotatable bonds is 8. The van der Waals surface area contributed by atoms with E-state index in [0.717, 1.165) is 32.5 Å². The number of unbranched alkanes of at least 4 members (excludes halogenated alkanes) is 1. The summed E-state index contributed by atoms with van der Waals surface area (Å²) in [6.07, 6.45) is 2.75. The first-order valence-corrected chi connectivity index (χ1v) is 6.48. The second-order valence-corrected chi connectivity index (χ2v) is 5.79. The van der Waals surface area contributed by atoms with Gasteiger partial charge in [0.2, 0.25) is 5.91 Å². The molecule has 2 N–H and O–H groups in total. The summed E-state index contributed by atoms with van der Waals surface area (Å²) in [5.74, 6) is 0.145. The fraction of sp³-hybridized carbons (Fsp3) is 0.923. The molecule has 102 valence electrons. The summed E-state index contributed by atoms with van der Waals surface area (Å²) in [4.78, 5) is 13.6. The first-order chi connectivity index (χ1) is 7.81. The van der Waals surface area contributed by atoms with E-state index in [0.29, 0.717) is 6.42 Å². The fourth-order valence-corrected chi connectivity index (χ4v) is 1.42. The quantitative estimate of drug-likeness (QED) is 0.630. The Morgan fingerprint density at radius 1 is 1.12 bits per heavy atom.